The summed E-state index contributed by atoms with van der Waals surface area (Å²) in [6.07, 6.45) is 11.1. The Bertz CT molecular complexity index is 263. The molecule has 2 fully saturated rings. The Hall–Kier alpha value is -0.120. The van der Waals surface area contributed by atoms with Crippen molar-refractivity contribution in [3.8, 4) is 0 Å². The number of aliphatic hydroxyl groups is 1. The van der Waals surface area contributed by atoms with E-state index in [9.17, 15) is 5.11 Å². The van der Waals surface area contributed by atoms with E-state index in [0.29, 0.717) is 0 Å². The zero-order valence-corrected chi connectivity index (χ0v) is 12.9. The highest BCUT2D eigenvalue weighted by molar-refractivity contribution is 4.85. The summed E-state index contributed by atoms with van der Waals surface area (Å²) < 4.78 is 0. The molecule has 1 aliphatic heterocycles. The minimum Gasteiger partial charge on any atom is -0.389 e. The predicted octanol–water partition coefficient (Wildman–Crippen LogP) is 2.49. The van der Waals surface area contributed by atoms with Crippen LogP contribution in [-0.2, 0) is 0 Å². The molecule has 1 saturated carbocycles. The van der Waals surface area contributed by atoms with Gasteiger partial charge in [-0.25, -0.2) is 0 Å². The summed E-state index contributed by atoms with van der Waals surface area (Å²) in [6.45, 7) is 3.25. The minimum absolute atomic E-state index is 0.397. The molecule has 112 valence electrons. The molecule has 1 heterocycles. The molecule has 1 N–H and O–H groups in total. The quantitative estimate of drug-likeness (QED) is 0.830. The molecule has 19 heavy (non-hydrogen) atoms. The SMILES string of the molecule is CN(CCC1CCCCN1C)CC1(O)CCCCC1. The minimum atomic E-state index is -0.397. The summed E-state index contributed by atoms with van der Waals surface area (Å²) >= 11 is 0. The fourth-order valence-corrected chi connectivity index (χ4v) is 3.83. The zero-order chi connectivity index (χ0) is 13.7. The van der Waals surface area contributed by atoms with Gasteiger partial charge in [0.05, 0.1) is 5.60 Å². The van der Waals surface area contributed by atoms with Crippen LogP contribution in [0, 0.1) is 0 Å². The van der Waals surface area contributed by atoms with Crippen molar-refractivity contribution in [2.75, 3.05) is 33.7 Å². The fraction of sp³-hybridized carbons (Fsp3) is 1.00. The summed E-state index contributed by atoms with van der Waals surface area (Å²) in [7, 11) is 4.44. The van der Waals surface area contributed by atoms with E-state index >= 15 is 0 Å². The topological polar surface area (TPSA) is 26.7 Å². The number of piperidine rings is 1. The van der Waals surface area contributed by atoms with Crippen molar-refractivity contribution in [3.63, 3.8) is 0 Å². The van der Waals surface area contributed by atoms with Gasteiger partial charge in [-0.05, 0) is 59.3 Å². The maximum atomic E-state index is 10.6. The van der Waals surface area contributed by atoms with Crippen molar-refractivity contribution < 1.29 is 5.11 Å². The van der Waals surface area contributed by atoms with Gasteiger partial charge in [-0.1, -0.05) is 25.7 Å². The first-order chi connectivity index (χ1) is 9.09. The molecule has 0 amide bonds. The second-order valence-electron chi connectivity index (χ2n) is 6.94. The average molecular weight is 268 g/mol. The van der Waals surface area contributed by atoms with Crippen molar-refractivity contribution in [2.24, 2.45) is 0 Å². The van der Waals surface area contributed by atoms with Crippen molar-refractivity contribution >= 4 is 0 Å². The second-order valence-corrected chi connectivity index (χ2v) is 6.94. The number of rotatable bonds is 5. The molecular weight excluding hydrogens is 236 g/mol. The Morgan fingerprint density at radius 3 is 2.58 bits per heavy atom. The van der Waals surface area contributed by atoms with Gasteiger partial charge in [0.2, 0.25) is 0 Å². The van der Waals surface area contributed by atoms with Crippen LogP contribution in [0.4, 0.5) is 0 Å². The summed E-state index contributed by atoms with van der Waals surface area (Å²) in [4.78, 5) is 4.88. The Balaban J connectivity index is 1.70. The lowest BCUT2D eigenvalue weighted by atomic mass is 9.84. The van der Waals surface area contributed by atoms with Crippen LogP contribution < -0.4 is 0 Å². The molecule has 0 aromatic carbocycles. The lowest BCUT2D eigenvalue weighted by Crippen LogP contribution is -2.45. The van der Waals surface area contributed by atoms with Gasteiger partial charge < -0.3 is 14.9 Å². The Kier molecular flexibility index (Phi) is 5.67. The van der Waals surface area contributed by atoms with E-state index in [2.05, 4.69) is 23.9 Å². The summed E-state index contributed by atoms with van der Waals surface area (Å²) in [5, 5.41) is 10.6. The van der Waals surface area contributed by atoms with Crippen LogP contribution in [0.25, 0.3) is 0 Å². The molecule has 0 aromatic heterocycles. The van der Waals surface area contributed by atoms with E-state index < -0.39 is 5.60 Å². The van der Waals surface area contributed by atoms with Crippen LogP contribution in [0.2, 0.25) is 0 Å². The van der Waals surface area contributed by atoms with Crippen LogP contribution >= 0.6 is 0 Å². The van der Waals surface area contributed by atoms with E-state index in [1.165, 1.54) is 51.5 Å². The number of nitrogens with zero attached hydrogens (tertiary/aromatic N) is 2. The van der Waals surface area contributed by atoms with Crippen molar-refractivity contribution in [1.82, 2.24) is 9.80 Å². The highest BCUT2D eigenvalue weighted by Crippen LogP contribution is 2.28. The maximum Gasteiger partial charge on any atom is 0.0774 e. The average Bonchev–Trinajstić information content (AvgIpc) is 2.38. The van der Waals surface area contributed by atoms with E-state index in [-0.39, 0.29) is 0 Å². The standard InChI is InChI=1S/C16H32N2O/c1-17(14-16(19)10-5-3-6-11-16)13-9-15-8-4-7-12-18(15)2/h15,19H,3-14H2,1-2H3. The first-order valence-electron chi connectivity index (χ1n) is 8.20. The monoisotopic (exact) mass is 268 g/mol. The summed E-state index contributed by atoms with van der Waals surface area (Å²) in [5.74, 6) is 0. The molecule has 0 aromatic rings. The first-order valence-corrected chi connectivity index (χ1v) is 8.20. The molecule has 0 spiro atoms. The van der Waals surface area contributed by atoms with E-state index in [4.69, 9.17) is 0 Å². The van der Waals surface area contributed by atoms with Gasteiger partial charge in [0.1, 0.15) is 0 Å². The Morgan fingerprint density at radius 1 is 1.16 bits per heavy atom. The van der Waals surface area contributed by atoms with Crippen LogP contribution in [0.15, 0.2) is 0 Å². The molecule has 1 saturated heterocycles. The smallest absolute Gasteiger partial charge is 0.0774 e. The molecule has 2 rings (SSSR count). The summed E-state index contributed by atoms with van der Waals surface area (Å²) in [5.41, 5.74) is -0.397. The third-order valence-corrected chi connectivity index (χ3v) is 5.11. The zero-order valence-electron chi connectivity index (χ0n) is 12.9. The number of likely N-dealkylation sites (N-methyl/N-ethyl adjacent to an activating group) is 1. The molecule has 1 atom stereocenters. The third kappa shape index (κ3) is 4.73. The molecule has 0 bridgehead atoms. The fourth-order valence-electron chi connectivity index (χ4n) is 3.83. The molecule has 3 heteroatoms. The second kappa shape index (κ2) is 7.05. The van der Waals surface area contributed by atoms with Crippen molar-refractivity contribution in [2.45, 2.75) is 69.4 Å². The Labute approximate surface area is 119 Å². The number of hydrogen-bond donors (Lipinski definition) is 1. The highest BCUT2D eigenvalue weighted by atomic mass is 16.3. The lowest BCUT2D eigenvalue weighted by molar-refractivity contribution is -0.0222. The summed E-state index contributed by atoms with van der Waals surface area (Å²) in [6, 6.07) is 0.761. The van der Waals surface area contributed by atoms with Gasteiger partial charge in [-0.2, -0.15) is 0 Å². The van der Waals surface area contributed by atoms with Crippen LogP contribution in [0.3, 0.4) is 0 Å². The molecule has 2 aliphatic rings. The molecule has 1 aliphatic carbocycles. The molecular formula is C16H32N2O. The predicted molar refractivity (Wildman–Crippen MR) is 80.4 cm³/mol. The van der Waals surface area contributed by atoms with Crippen molar-refractivity contribution in [3.05, 3.63) is 0 Å². The molecule has 3 nitrogen and oxygen atoms in total. The van der Waals surface area contributed by atoms with E-state index in [1.807, 2.05) is 0 Å². The van der Waals surface area contributed by atoms with Crippen LogP contribution in [0.1, 0.15) is 57.8 Å². The van der Waals surface area contributed by atoms with Crippen molar-refractivity contribution in [1.29, 1.82) is 0 Å². The molecule has 0 radical (unpaired) electrons. The van der Waals surface area contributed by atoms with E-state index in [0.717, 1.165) is 32.0 Å². The largest absolute Gasteiger partial charge is 0.389 e. The van der Waals surface area contributed by atoms with Gasteiger partial charge in [-0.15, -0.1) is 0 Å². The Morgan fingerprint density at radius 2 is 1.89 bits per heavy atom. The normalized spacial score (nSPS) is 28.7. The number of hydrogen-bond acceptors (Lipinski definition) is 3. The highest BCUT2D eigenvalue weighted by Gasteiger charge is 2.30. The lowest BCUT2D eigenvalue weighted by Gasteiger charge is -2.37. The third-order valence-electron chi connectivity index (χ3n) is 5.11. The van der Waals surface area contributed by atoms with Gasteiger partial charge >= 0.3 is 0 Å². The van der Waals surface area contributed by atoms with Gasteiger partial charge in [0.15, 0.2) is 0 Å². The van der Waals surface area contributed by atoms with Crippen LogP contribution in [0.5, 0.6) is 0 Å². The maximum absolute atomic E-state index is 10.6. The van der Waals surface area contributed by atoms with Gasteiger partial charge in [0, 0.05) is 12.6 Å². The van der Waals surface area contributed by atoms with Gasteiger partial charge in [0.25, 0.3) is 0 Å². The molecule has 1 unspecified atom stereocenters. The number of likely N-dealkylation sites (tertiary alicyclic amines) is 1. The van der Waals surface area contributed by atoms with E-state index in [1.54, 1.807) is 0 Å². The first kappa shape index (κ1) is 15.3. The van der Waals surface area contributed by atoms with Gasteiger partial charge in [-0.3, -0.25) is 0 Å². The van der Waals surface area contributed by atoms with Crippen LogP contribution in [-0.4, -0.2) is 60.3 Å².